The Bertz CT molecular complexity index is 665. The van der Waals surface area contributed by atoms with Crippen molar-refractivity contribution in [3.63, 3.8) is 0 Å². The van der Waals surface area contributed by atoms with Gasteiger partial charge in [0.1, 0.15) is 11.6 Å². The highest BCUT2D eigenvalue weighted by atomic mass is 79.9. The van der Waals surface area contributed by atoms with Crippen molar-refractivity contribution in [3.05, 3.63) is 52.6 Å². The average Bonchev–Trinajstić information content (AvgIpc) is 2.85. The number of aliphatic hydroxyl groups excluding tert-OH is 1. The smallest absolute Gasteiger partial charge is 0.148 e. The van der Waals surface area contributed by atoms with E-state index in [1.54, 1.807) is 17.4 Å². The summed E-state index contributed by atoms with van der Waals surface area (Å²) in [5.74, 6) is 1.61. The molecule has 4 nitrogen and oxygen atoms in total. The number of aliphatic hydroxyl groups is 1. The molecule has 0 bridgehead atoms. The Morgan fingerprint density at radius 2 is 2.09 bits per heavy atom. The molecule has 120 valence electrons. The molecule has 0 fully saturated rings. The average molecular weight is 384 g/mol. The van der Waals surface area contributed by atoms with Crippen molar-refractivity contribution in [2.24, 2.45) is 0 Å². The van der Waals surface area contributed by atoms with Crippen molar-refractivity contribution in [1.82, 2.24) is 9.97 Å². The van der Waals surface area contributed by atoms with Crippen molar-refractivity contribution in [3.8, 4) is 0 Å². The molecule has 2 aromatic heterocycles. The fourth-order valence-electron chi connectivity index (χ4n) is 1.67. The number of nitrogens with one attached hydrogen (secondary N) is 1. The maximum atomic E-state index is 7.00. The van der Waals surface area contributed by atoms with Gasteiger partial charge in [-0.3, -0.25) is 0 Å². The van der Waals surface area contributed by atoms with Crippen LogP contribution in [0.15, 0.2) is 46.8 Å². The molecule has 2 aromatic rings. The van der Waals surface area contributed by atoms with E-state index in [1.165, 1.54) is 0 Å². The largest absolute Gasteiger partial charge is 0.400 e. The quantitative estimate of drug-likeness (QED) is 0.733. The first-order chi connectivity index (χ1) is 10.1. The minimum Gasteiger partial charge on any atom is -0.400 e. The third kappa shape index (κ3) is 5.36. The molecule has 0 aliphatic rings. The molecule has 0 atom stereocenters. The van der Waals surface area contributed by atoms with Crippen LogP contribution in [0.4, 0.5) is 5.82 Å². The molecule has 0 aromatic carbocycles. The Kier molecular flexibility index (Phi) is 9.56. The van der Waals surface area contributed by atoms with Gasteiger partial charge in [-0.15, -0.1) is 11.3 Å². The van der Waals surface area contributed by atoms with E-state index in [9.17, 15) is 0 Å². The SMILES string of the molecule is C.C=C/C=C(\C=C)CNc1nc(C)nc2cc(Br)sc12.CO. The fraction of sp³-hybridized carbons (Fsp3) is 0.250. The zero-order valence-corrected chi connectivity index (χ0v) is 14.5. The van der Waals surface area contributed by atoms with Crippen LogP contribution in [0, 0.1) is 6.92 Å². The number of rotatable bonds is 5. The number of halogens is 1. The molecule has 0 unspecified atom stereocenters. The van der Waals surface area contributed by atoms with Gasteiger partial charge in [-0.05, 0) is 34.5 Å². The second-order valence-electron chi connectivity index (χ2n) is 3.92. The molecular formula is C16H22BrN3OS. The van der Waals surface area contributed by atoms with Crippen molar-refractivity contribution >= 4 is 43.3 Å². The number of anilines is 1. The molecule has 0 radical (unpaired) electrons. The number of allylic oxidation sites excluding steroid dienone is 2. The Morgan fingerprint density at radius 3 is 2.68 bits per heavy atom. The summed E-state index contributed by atoms with van der Waals surface area (Å²) >= 11 is 5.11. The van der Waals surface area contributed by atoms with E-state index < -0.39 is 0 Å². The summed E-state index contributed by atoms with van der Waals surface area (Å²) < 4.78 is 2.11. The highest BCUT2D eigenvalue weighted by Gasteiger charge is 2.09. The molecule has 2 N–H and O–H groups in total. The van der Waals surface area contributed by atoms with Crippen LogP contribution in [-0.2, 0) is 0 Å². The molecule has 22 heavy (non-hydrogen) atoms. The summed E-state index contributed by atoms with van der Waals surface area (Å²) in [4.78, 5) is 8.88. The molecule has 0 aliphatic heterocycles. The first-order valence-corrected chi connectivity index (χ1v) is 7.81. The van der Waals surface area contributed by atoms with Crippen LogP contribution in [0.25, 0.3) is 10.2 Å². The number of nitrogens with zero attached hydrogens (tertiary/aromatic N) is 2. The number of aryl methyl sites for hydroxylation is 1. The van der Waals surface area contributed by atoms with E-state index in [1.807, 2.05) is 25.1 Å². The van der Waals surface area contributed by atoms with E-state index in [4.69, 9.17) is 5.11 Å². The van der Waals surface area contributed by atoms with E-state index in [2.05, 4.69) is 44.4 Å². The van der Waals surface area contributed by atoms with E-state index in [0.717, 1.165) is 38.3 Å². The molecule has 6 heteroatoms. The highest BCUT2D eigenvalue weighted by Crippen LogP contribution is 2.32. The Labute approximate surface area is 144 Å². The van der Waals surface area contributed by atoms with E-state index in [-0.39, 0.29) is 7.43 Å². The molecule has 2 heterocycles. The molecule has 0 saturated carbocycles. The summed E-state index contributed by atoms with van der Waals surface area (Å²) in [6.45, 7) is 10.0. The van der Waals surface area contributed by atoms with Crippen LogP contribution in [0.3, 0.4) is 0 Å². The number of thiophene rings is 1. The number of hydrogen-bond donors (Lipinski definition) is 2. The van der Waals surface area contributed by atoms with Crippen molar-refractivity contribution in [2.75, 3.05) is 19.0 Å². The Morgan fingerprint density at radius 1 is 1.41 bits per heavy atom. The van der Waals surface area contributed by atoms with Gasteiger partial charge < -0.3 is 10.4 Å². The maximum absolute atomic E-state index is 7.00. The first-order valence-electron chi connectivity index (χ1n) is 6.20. The van der Waals surface area contributed by atoms with Crippen LogP contribution < -0.4 is 5.32 Å². The minimum absolute atomic E-state index is 0. The lowest BCUT2D eigenvalue weighted by atomic mass is 10.2. The van der Waals surface area contributed by atoms with Gasteiger partial charge in [0.25, 0.3) is 0 Å². The van der Waals surface area contributed by atoms with Crippen LogP contribution in [0.1, 0.15) is 13.3 Å². The molecule has 2 rings (SSSR count). The second kappa shape index (κ2) is 10.3. The van der Waals surface area contributed by atoms with Gasteiger partial charge in [-0.1, -0.05) is 38.8 Å². The monoisotopic (exact) mass is 383 g/mol. The van der Waals surface area contributed by atoms with Gasteiger partial charge in [-0.25, -0.2) is 9.97 Å². The van der Waals surface area contributed by atoms with Gasteiger partial charge in [0, 0.05) is 13.7 Å². The first kappa shape index (κ1) is 20.5. The van der Waals surface area contributed by atoms with Gasteiger partial charge in [-0.2, -0.15) is 0 Å². The van der Waals surface area contributed by atoms with Gasteiger partial charge in [0.05, 0.1) is 14.0 Å². The number of hydrogen-bond acceptors (Lipinski definition) is 5. The Hall–Kier alpha value is -1.50. The minimum atomic E-state index is 0. The van der Waals surface area contributed by atoms with Crippen molar-refractivity contribution in [1.29, 1.82) is 0 Å². The van der Waals surface area contributed by atoms with Gasteiger partial charge in [0.15, 0.2) is 0 Å². The van der Waals surface area contributed by atoms with E-state index in [0.29, 0.717) is 6.54 Å². The second-order valence-corrected chi connectivity index (χ2v) is 6.35. The van der Waals surface area contributed by atoms with Crippen molar-refractivity contribution < 1.29 is 5.11 Å². The third-order valence-corrected chi connectivity index (χ3v) is 4.14. The zero-order valence-electron chi connectivity index (χ0n) is 12.1. The zero-order chi connectivity index (χ0) is 15.8. The number of fused-ring (bicyclic) bond motifs is 1. The third-order valence-electron chi connectivity index (χ3n) is 2.51. The number of aromatic nitrogens is 2. The predicted molar refractivity (Wildman–Crippen MR) is 102 cm³/mol. The standard InChI is InChI=1S/C14H14BrN3S.CH4O.CH4/c1-4-6-10(5-2)8-16-14-13-11(7-12(15)19-13)17-9(3)18-14;1-2;/h4-7H,1-2,8H2,3H3,(H,16,17,18);2H,1H3;1H4/b10-6+;;. The predicted octanol–water partition coefficient (Wildman–Crippen LogP) is 4.72. The summed E-state index contributed by atoms with van der Waals surface area (Å²) in [6, 6.07) is 2.01. The molecule has 0 aliphatic carbocycles. The van der Waals surface area contributed by atoms with Gasteiger partial charge >= 0.3 is 0 Å². The van der Waals surface area contributed by atoms with Crippen LogP contribution >= 0.6 is 27.3 Å². The Balaban J connectivity index is 0.00000141. The maximum Gasteiger partial charge on any atom is 0.148 e. The summed E-state index contributed by atoms with van der Waals surface area (Å²) in [5, 5.41) is 10.3. The summed E-state index contributed by atoms with van der Waals surface area (Å²) in [6.07, 6.45) is 5.49. The lowest BCUT2D eigenvalue weighted by molar-refractivity contribution is 0.399. The summed E-state index contributed by atoms with van der Waals surface area (Å²) in [7, 11) is 1.00. The topological polar surface area (TPSA) is 58.0 Å². The molecular weight excluding hydrogens is 362 g/mol. The van der Waals surface area contributed by atoms with Crippen LogP contribution in [0.2, 0.25) is 0 Å². The van der Waals surface area contributed by atoms with Crippen molar-refractivity contribution in [2.45, 2.75) is 14.4 Å². The fourth-order valence-corrected chi connectivity index (χ4v) is 3.16. The summed E-state index contributed by atoms with van der Waals surface area (Å²) in [5.41, 5.74) is 2.02. The molecule has 0 saturated heterocycles. The highest BCUT2D eigenvalue weighted by molar-refractivity contribution is 9.11. The normalized spacial score (nSPS) is 10.3. The lowest BCUT2D eigenvalue weighted by Crippen LogP contribution is -2.06. The van der Waals surface area contributed by atoms with Crippen LogP contribution in [0.5, 0.6) is 0 Å². The lowest BCUT2D eigenvalue weighted by Gasteiger charge is -2.07. The molecule has 0 amide bonds. The van der Waals surface area contributed by atoms with Gasteiger partial charge in [0.2, 0.25) is 0 Å². The van der Waals surface area contributed by atoms with E-state index >= 15 is 0 Å². The molecule has 0 spiro atoms. The van der Waals surface area contributed by atoms with Crippen LogP contribution in [-0.4, -0.2) is 28.7 Å².